The second-order valence-corrected chi connectivity index (χ2v) is 6.80. The number of nitrogens with zero attached hydrogens (tertiary/aromatic N) is 3. The predicted octanol–water partition coefficient (Wildman–Crippen LogP) is 1.68. The van der Waals surface area contributed by atoms with Crippen molar-refractivity contribution < 1.29 is 14.3 Å². The van der Waals surface area contributed by atoms with Crippen LogP contribution in [0.1, 0.15) is 24.2 Å². The minimum Gasteiger partial charge on any atom is -0.383 e. The van der Waals surface area contributed by atoms with Crippen molar-refractivity contribution in [2.75, 3.05) is 26.8 Å². The first-order valence-corrected chi connectivity index (χ1v) is 9.22. The smallest absolute Gasteiger partial charge is 0.225 e. The topological polar surface area (TPSA) is 76.5 Å². The van der Waals surface area contributed by atoms with Crippen molar-refractivity contribution >= 4 is 11.8 Å². The van der Waals surface area contributed by atoms with E-state index in [1.807, 2.05) is 42.0 Å². The molecule has 144 valence electrons. The van der Waals surface area contributed by atoms with Crippen LogP contribution in [-0.4, -0.2) is 53.1 Å². The first kappa shape index (κ1) is 19.1. The number of amides is 2. The number of hydrogen-bond donors (Lipinski definition) is 1. The second kappa shape index (κ2) is 8.81. The molecule has 7 nitrogen and oxygen atoms in total. The van der Waals surface area contributed by atoms with E-state index in [-0.39, 0.29) is 17.7 Å². The van der Waals surface area contributed by atoms with E-state index in [9.17, 15) is 9.59 Å². The molecule has 1 aromatic carbocycles. The zero-order valence-electron chi connectivity index (χ0n) is 15.9. The summed E-state index contributed by atoms with van der Waals surface area (Å²) in [6.45, 7) is 3.92. The molecule has 0 spiro atoms. The van der Waals surface area contributed by atoms with Gasteiger partial charge in [-0.15, -0.1) is 0 Å². The molecular formula is C20H26N4O3. The molecule has 27 heavy (non-hydrogen) atoms. The van der Waals surface area contributed by atoms with E-state index in [0.717, 1.165) is 17.1 Å². The van der Waals surface area contributed by atoms with Gasteiger partial charge in [-0.1, -0.05) is 12.1 Å². The SMILES string of the molecule is COCCN1C[C@H](C(=O)NCc2ccc(-n3ccnc3C)cc2)CCC1=O. The van der Waals surface area contributed by atoms with Crippen molar-refractivity contribution in [1.29, 1.82) is 0 Å². The molecule has 1 N–H and O–H groups in total. The van der Waals surface area contributed by atoms with Crippen LogP contribution in [0.2, 0.25) is 0 Å². The first-order valence-electron chi connectivity index (χ1n) is 9.22. The summed E-state index contributed by atoms with van der Waals surface area (Å²) >= 11 is 0. The number of carbonyl (C=O) groups is 2. The third-order valence-corrected chi connectivity index (χ3v) is 4.94. The van der Waals surface area contributed by atoms with Gasteiger partial charge in [0.1, 0.15) is 5.82 Å². The largest absolute Gasteiger partial charge is 0.383 e. The molecule has 1 fully saturated rings. The van der Waals surface area contributed by atoms with Crippen LogP contribution in [0.15, 0.2) is 36.7 Å². The van der Waals surface area contributed by atoms with Crippen LogP contribution in [0.4, 0.5) is 0 Å². The molecule has 1 atom stereocenters. The molecule has 0 radical (unpaired) electrons. The molecule has 1 aromatic heterocycles. The predicted molar refractivity (Wildman–Crippen MR) is 101 cm³/mol. The van der Waals surface area contributed by atoms with Gasteiger partial charge >= 0.3 is 0 Å². The number of aromatic nitrogens is 2. The molecule has 0 bridgehead atoms. The number of rotatable bonds is 7. The van der Waals surface area contributed by atoms with Gasteiger partial charge in [-0.3, -0.25) is 9.59 Å². The lowest BCUT2D eigenvalue weighted by Gasteiger charge is -2.31. The maximum absolute atomic E-state index is 12.5. The minimum absolute atomic E-state index is 0.000512. The lowest BCUT2D eigenvalue weighted by atomic mass is 9.96. The van der Waals surface area contributed by atoms with Crippen LogP contribution in [-0.2, 0) is 20.9 Å². The molecule has 2 amide bonds. The molecule has 0 aliphatic carbocycles. The Morgan fingerprint density at radius 3 is 2.78 bits per heavy atom. The van der Waals surface area contributed by atoms with Crippen molar-refractivity contribution in [3.8, 4) is 5.69 Å². The number of carbonyl (C=O) groups excluding carboxylic acids is 2. The summed E-state index contributed by atoms with van der Waals surface area (Å²) in [5.41, 5.74) is 2.08. The Hall–Kier alpha value is -2.67. The highest BCUT2D eigenvalue weighted by molar-refractivity contribution is 5.83. The number of likely N-dealkylation sites (tertiary alicyclic amines) is 1. The third-order valence-electron chi connectivity index (χ3n) is 4.94. The average molecular weight is 370 g/mol. The molecule has 7 heteroatoms. The number of ether oxygens (including phenoxy) is 1. The monoisotopic (exact) mass is 370 g/mol. The van der Waals surface area contributed by atoms with E-state index >= 15 is 0 Å². The molecule has 2 heterocycles. The summed E-state index contributed by atoms with van der Waals surface area (Å²) in [6.07, 6.45) is 4.72. The number of benzene rings is 1. The average Bonchev–Trinajstić information content (AvgIpc) is 3.11. The van der Waals surface area contributed by atoms with E-state index in [0.29, 0.717) is 39.1 Å². The summed E-state index contributed by atoms with van der Waals surface area (Å²) < 4.78 is 7.05. The zero-order valence-corrected chi connectivity index (χ0v) is 15.9. The summed E-state index contributed by atoms with van der Waals surface area (Å²) in [5.74, 6) is 0.870. The molecule has 1 saturated heterocycles. The lowest BCUT2D eigenvalue weighted by Crippen LogP contribution is -2.46. The van der Waals surface area contributed by atoms with Crippen LogP contribution in [0, 0.1) is 12.8 Å². The van der Waals surface area contributed by atoms with E-state index in [4.69, 9.17) is 4.74 Å². The van der Waals surface area contributed by atoms with Gasteiger partial charge in [0.15, 0.2) is 0 Å². The van der Waals surface area contributed by atoms with Gasteiger partial charge in [-0.2, -0.15) is 0 Å². The summed E-state index contributed by atoms with van der Waals surface area (Å²) in [5, 5.41) is 3.00. The van der Waals surface area contributed by atoms with Crippen LogP contribution in [0.5, 0.6) is 0 Å². The molecule has 0 saturated carbocycles. The van der Waals surface area contributed by atoms with E-state index in [1.54, 1.807) is 18.2 Å². The minimum atomic E-state index is -0.160. The van der Waals surface area contributed by atoms with Gasteiger partial charge in [-0.25, -0.2) is 4.98 Å². The Labute approximate surface area is 159 Å². The Bertz CT molecular complexity index is 785. The lowest BCUT2D eigenvalue weighted by molar-refractivity contribution is -0.138. The molecule has 1 aliphatic rings. The maximum Gasteiger partial charge on any atom is 0.225 e. The van der Waals surface area contributed by atoms with E-state index in [1.165, 1.54) is 0 Å². The summed E-state index contributed by atoms with van der Waals surface area (Å²) in [6, 6.07) is 8.04. The van der Waals surface area contributed by atoms with Crippen molar-refractivity contribution in [3.63, 3.8) is 0 Å². The fourth-order valence-corrected chi connectivity index (χ4v) is 3.31. The number of imidazole rings is 1. The fraction of sp³-hybridized carbons (Fsp3) is 0.450. The molecule has 0 unspecified atom stereocenters. The Balaban J connectivity index is 1.53. The van der Waals surface area contributed by atoms with Crippen LogP contribution < -0.4 is 5.32 Å². The Morgan fingerprint density at radius 1 is 1.33 bits per heavy atom. The number of methoxy groups -OCH3 is 1. The fourth-order valence-electron chi connectivity index (χ4n) is 3.31. The highest BCUT2D eigenvalue weighted by atomic mass is 16.5. The maximum atomic E-state index is 12.5. The zero-order chi connectivity index (χ0) is 19.2. The number of nitrogens with one attached hydrogen (secondary N) is 1. The molecule has 3 rings (SSSR count). The number of hydrogen-bond acceptors (Lipinski definition) is 4. The highest BCUT2D eigenvalue weighted by Gasteiger charge is 2.29. The van der Waals surface area contributed by atoms with Gasteiger partial charge in [0.2, 0.25) is 11.8 Å². The van der Waals surface area contributed by atoms with Gasteiger partial charge in [-0.05, 0) is 31.0 Å². The van der Waals surface area contributed by atoms with Gasteiger partial charge < -0.3 is 19.5 Å². The summed E-state index contributed by atoms with van der Waals surface area (Å²) in [4.78, 5) is 30.4. The van der Waals surface area contributed by atoms with Crippen molar-refractivity contribution in [3.05, 3.63) is 48.0 Å². The molecular weight excluding hydrogens is 344 g/mol. The van der Waals surface area contributed by atoms with Crippen LogP contribution in [0.3, 0.4) is 0 Å². The molecule has 1 aliphatic heterocycles. The van der Waals surface area contributed by atoms with Gasteiger partial charge in [0, 0.05) is 51.2 Å². The van der Waals surface area contributed by atoms with E-state index < -0.39 is 0 Å². The normalized spacial score (nSPS) is 17.2. The number of aryl methyl sites for hydroxylation is 1. The quantitative estimate of drug-likeness (QED) is 0.805. The van der Waals surface area contributed by atoms with Crippen LogP contribution in [0.25, 0.3) is 5.69 Å². The third kappa shape index (κ3) is 4.74. The van der Waals surface area contributed by atoms with Crippen molar-refractivity contribution in [2.45, 2.75) is 26.3 Å². The highest BCUT2D eigenvalue weighted by Crippen LogP contribution is 2.18. The second-order valence-electron chi connectivity index (χ2n) is 6.80. The van der Waals surface area contributed by atoms with Crippen LogP contribution >= 0.6 is 0 Å². The van der Waals surface area contributed by atoms with Crippen molar-refractivity contribution in [2.24, 2.45) is 5.92 Å². The van der Waals surface area contributed by atoms with Gasteiger partial charge in [0.25, 0.3) is 0 Å². The van der Waals surface area contributed by atoms with Gasteiger partial charge in [0.05, 0.1) is 12.5 Å². The van der Waals surface area contributed by atoms with Crippen molar-refractivity contribution in [1.82, 2.24) is 19.8 Å². The Morgan fingerprint density at radius 2 is 2.11 bits per heavy atom. The first-order chi connectivity index (χ1) is 13.1. The van der Waals surface area contributed by atoms with E-state index in [2.05, 4.69) is 10.3 Å². The standard InChI is InChI=1S/C20H26N4O3/c1-15-21-9-10-24(15)18-6-3-16(4-7-18)13-22-20(26)17-5-8-19(25)23(14-17)11-12-27-2/h3-4,6-7,9-10,17H,5,8,11-14H2,1-2H3,(H,22,26)/t17-/m1/s1. The Kier molecular flexibility index (Phi) is 6.24. The number of piperidine rings is 1. The summed E-state index contributed by atoms with van der Waals surface area (Å²) in [7, 11) is 1.61. The molecule has 2 aromatic rings.